The first kappa shape index (κ1) is 102. The molecule has 0 amide bonds. The van der Waals surface area contributed by atoms with Gasteiger partial charge in [0.05, 0.1) is 8.22 Å². The fourth-order valence-electron chi connectivity index (χ4n) is 8.73. The van der Waals surface area contributed by atoms with Crippen molar-refractivity contribution in [1.82, 2.24) is 38.2 Å². The number of hydrogen-bond acceptors (Lipinski definition) is 44. The van der Waals surface area contributed by atoms with Crippen molar-refractivity contribution in [2.24, 2.45) is 0 Å². The van der Waals surface area contributed by atoms with Gasteiger partial charge in [-0.2, -0.15) is 34.5 Å². The molecule has 124 heavy (non-hydrogen) atoms. The van der Waals surface area contributed by atoms with E-state index >= 15 is 13.2 Å². The van der Waals surface area contributed by atoms with Gasteiger partial charge in [0.1, 0.15) is 93.7 Å². The highest BCUT2D eigenvalue weighted by Crippen LogP contribution is 2.70. The number of aliphatic hydroxyl groups excluding tert-OH is 8. The molecule has 4 aromatic rings. The molecule has 8 unspecified atom stereocenters. The molecule has 4 fully saturated rings. The number of ether oxygens (including phenoxy) is 4. The summed E-state index contributed by atoms with van der Waals surface area (Å²) in [4.78, 5) is 199. The third-order valence-corrected chi connectivity index (χ3v) is 30.3. The number of rotatable bonds is 32. The highest BCUT2D eigenvalue weighted by atomic mass is 32.1. The number of aryl methyl sites for hydroxylation is 4. The second-order valence-corrected chi connectivity index (χ2v) is 42.7. The lowest BCUT2D eigenvalue weighted by molar-refractivity contribution is -0.205. The zero-order valence-corrected chi connectivity index (χ0v) is 73.6. The summed E-state index contributed by atoms with van der Waals surface area (Å²) < 4.78 is 305. The van der Waals surface area contributed by atoms with E-state index in [1.807, 2.05) is 4.98 Å². The van der Waals surface area contributed by atoms with Crippen LogP contribution in [0.3, 0.4) is 0 Å². The van der Waals surface area contributed by atoms with Crippen molar-refractivity contribution in [3.8, 4) is 0 Å². The average Bonchev–Trinajstić information content (AvgIpc) is 1.56. The summed E-state index contributed by atoms with van der Waals surface area (Å²) in [6, 6.07) is 0. The number of H-pyrrole nitrogens is 4. The standard InChI is InChI=1S/4C10H16FN2O14P3S/c4*1-4-2-13(9(16)12-7(4)31)8-5(14)6(15)10(11,25-8)3-24-29(20,21)27-30(22,23)26-28(17,18)19/h4*2,5-6,8,14-15H,3H2,1H3,(H,20,21)(H,22,23)(H,12,16,31)(H2,17,18,19)/t4*5-,6+,8-,10-/m1111/s1/i3D2,8D;8D;3D2;. The lowest BCUT2D eigenvalue weighted by Crippen LogP contribution is -2.43. The molecule has 4 saturated heterocycles. The Labute approximate surface area is 708 Å². The van der Waals surface area contributed by atoms with Gasteiger partial charge in [-0.05, 0) is 27.7 Å². The molecule has 28 N–H and O–H groups in total. The average molecular weight is 2130 g/mol. The molecule has 0 saturated carbocycles. The molecule has 64 nitrogen and oxygen atoms in total. The van der Waals surface area contributed by atoms with Crippen LogP contribution in [0.15, 0.2) is 44.0 Å². The van der Waals surface area contributed by atoms with Gasteiger partial charge >= 0.3 is 117 Å². The minimum Gasteiger partial charge on any atom is -0.385 e. The van der Waals surface area contributed by atoms with Crippen LogP contribution >= 0.6 is 143 Å². The maximum absolute atomic E-state index is 15.5. The number of hydrogen-bond donors (Lipinski definition) is 28. The predicted octanol–water partition coefficient (Wildman–Crippen LogP) is -2.10. The van der Waals surface area contributed by atoms with Gasteiger partial charge in [-0.1, -0.05) is 48.9 Å². The molecule has 0 bridgehead atoms. The van der Waals surface area contributed by atoms with E-state index in [0.29, 0.717) is 19.3 Å². The Balaban J connectivity index is 0.000000307. The monoisotopic (exact) mass is 2130 g/mol. The summed E-state index contributed by atoms with van der Waals surface area (Å²) in [5, 5.41) is 80.5. The molecule has 0 aliphatic carbocycles. The van der Waals surface area contributed by atoms with E-state index < -0.39 is 240 Å². The Hall–Kier alpha value is -2.72. The normalized spacial score (nSPS) is 32.8. The fourth-order valence-corrected chi connectivity index (χ4v) is 21.1. The molecule has 0 spiro atoms. The van der Waals surface area contributed by atoms with E-state index in [2.05, 4.69) is 81.7 Å². The first-order valence-electron chi connectivity index (χ1n) is 33.2. The number of nitrogens with one attached hydrogen (secondary N) is 4. The molecule has 4 aromatic heterocycles. The molecule has 4 aliphatic heterocycles. The molecule has 0 aromatic carbocycles. The van der Waals surface area contributed by atoms with Gasteiger partial charge in [0.15, 0.2) is 24.9 Å². The first-order chi connectivity index (χ1) is 57.6. The number of halogens is 4. The Morgan fingerprint density at radius 3 is 0.823 bits per heavy atom. The van der Waals surface area contributed by atoms with E-state index in [-0.39, 0.29) is 39.8 Å². The van der Waals surface area contributed by atoms with E-state index in [0.717, 1.165) is 24.8 Å². The number of phosphoric ester groups is 4. The zero-order chi connectivity index (χ0) is 101. The van der Waals surface area contributed by atoms with E-state index in [1.54, 1.807) is 0 Å². The summed E-state index contributed by atoms with van der Waals surface area (Å²) >= 11 is 19.3. The van der Waals surface area contributed by atoms with Crippen LogP contribution < -0.4 is 22.8 Å². The van der Waals surface area contributed by atoms with Crippen molar-refractivity contribution < 1.29 is 271 Å². The maximum atomic E-state index is 15.5. The summed E-state index contributed by atoms with van der Waals surface area (Å²) in [5.41, 5.74) is -3.69. The van der Waals surface area contributed by atoms with E-state index in [9.17, 15) is 139 Å². The van der Waals surface area contributed by atoms with Gasteiger partial charge in [-0.3, -0.25) is 56.3 Å². The van der Waals surface area contributed by atoms with Crippen LogP contribution in [0.5, 0.6) is 0 Å². The van der Waals surface area contributed by atoms with Crippen LogP contribution in [0, 0.1) is 46.3 Å². The van der Waals surface area contributed by atoms with Crippen LogP contribution in [0.4, 0.5) is 17.6 Å². The summed E-state index contributed by atoms with van der Waals surface area (Å²) in [6.07, 6.45) is -27.5. The molecule has 24 atom stereocenters. The number of nitrogens with zero attached hydrogens (tertiary/aromatic N) is 4. The van der Waals surface area contributed by atoms with Gasteiger partial charge in [0.2, 0.25) is 0 Å². The van der Waals surface area contributed by atoms with Crippen molar-refractivity contribution in [2.75, 3.05) is 26.3 Å². The molecule has 8 rings (SSSR count). The van der Waals surface area contributed by atoms with Crippen molar-refractivity contribution in [2.45, 2.75) is 125 Å². The molecular weight excluding hydrogens is 2060 g/mol. The number of aromatic nitrogens is 8. The maximum Gasteiger partial charge on any atom is 0.490 e. The van der Waals surface area contributed by atoms with Crippen molar-refractivity contribution >= 4 is 143 Å². The molecule has 0 radical (unpaired) electrons. The van der Waals surface area contributed by atoms with Crippen LogP contribution in [0.1, 0.15) is 55.3 Å². The van der Waals surface area contributed by atoms with Gasteiger partial charge in [0.25, 0.3) is 23.4 Å². The quantitative estimate of drug-likeness (QED) is 0.0141. The summed E-state index contributed by atoms with van der Waals surface area (Å²) in [6.45, 7) is -6.68. The third kappa shape index (κ3) is 31.7. The van der Waals surface area contributed by atoms with E-state index in [1.165, 1.54) is 27.7 Å². The van der Waals surface area contributed by atoms with E-state index in [4.69, 9.17) is 121 Å². The highest BCUT2D eigenvalue weighted by molar-refractivity contribution is 7.72. The first-order valence-corrected chi connectivity index (χ1v) is 49.9. The van der Waals surface area contributed by atoms with Gasteiger partial charge in [0, 0.05) is 47.0 Å². The molecule has 4 aliphatic rings. The Bertz CT molecular complexity index is 6130. The van der Waals surface area contributed by atoms with Crippen molar-refractivity contribution in [1.29, 1.82) is 0 Å². The summed E-state index contributed by atoms with van der Waals surface area (Å²) in [7, 11) is -71.0. The topological polar surface area (TPSA) is 989 Å². The third-order valence-electron chi connectivity index (χ3n) is 13.8. The lowest BCUT2D eigenvalue weighted by Gasteiger charge is -2.24. The number of alkyl halides is 4. The number of phosphoric acid groups is 12. The van der Waals surface area contributed by atoms with Gasteiger partial charge in [-0.25, -0.2) is 91.5 Å². The second kappa shape index (κ2) is 40.6. The van der Waals surface area contributed by atoms with Crippen molar-refractivity contribution in [3.63, 3.8) is 0 Å². The zero-order valence-electron chi connectivity index (χ0n) is 65.6. The Kier molecular flexibility index (Phi) is 33.3. The SMILES string of the molecule is Cc1cn([C@@H]2O[C@](F)(COP(=O)(O)OP(=O)(O)OP(=O)(O)O)[C@@H](O)[C@H]2O)c(=O)[nH]c1=S.[2H]C([2H])(OP(=O)(O)OP(=O)(O)OP(=O)(O)O)[C@@]1(F)O[C@@H](n2cc(C)c(=S)[nH]c2=O)[C@H](O)[C@@H]1O.[2H]C([2H])(OP(=O)(O)OP(=O)(O)OP(=O)(O)O)[C@@]1(F)O[C@@]([2H])(n2cc(C)c(=S)[nH]c2=O)[C@H](O)[C@@H]1O.[2H][C@@]1(n2cc(C)c(=S)[nH]c2=O)O[C@](F)(COP(=O)(O)OP(=O)(O)OP(=O)(O)O)[C@@H](O)[C@H]1O. The largest absolute Gasteiger partial charge is 0.490 e. The Morgan fingerprint density at radius 1 is 0.347 bits per heavy atom. The van der Waals surface area contributed by atoms with Gasteiger partial charge < -0.3 is 138 Å². The molecular formula is C40H64F4N8O56P12S4. The smallest absolute Gasteiger partial charge is 0.385 e. The van der Waals surface area contributed by atoms with Crippen LogP contribution in [-0.4, -0.2) is 256 Å². The van der Waals surface area contributed by atoms with Crippen LogP contribution in [-0.2, 0) is 126 Å². The number of aliphatic hydroxyl groups is 8. The lowest BCUT2D eigenvalue weighted by atomic mass is 10.1. The van der Waals surface area contributed by atoms with Gasteiger partial charge in [-0.15, -0.1) is 0 Å². The molecule has 712 valence electrons. The minimum atomic E-state index is -6.32. The molecule has 84 heteroatoms. The van der Waals surface area contributed by atoms with Crippen LogP contribution in [0.25, 0.3) is 0 Å². The van der Waals surface area contributed by atoms with Crippen molar-refractivity contribution in [3.05, 3.63) is 108 Å². The predicted molar refractivity (Wildman–Crippen MR) is 386 cm³/mol. The van der Waals surface area contributed by atoms with Crippen LogP contribution in [0.2, 0.25) is 0 Å². The summed E-state index contributed by atoms with van der Waals surface area (Å²) in [5.74, 6) is -15.8. The highest BCUT2D eigenvalue weighted by Gasteiger charge is 2.62. The minimum absolute atomic E-state index is 0.0356. The number of aromatic amines is 4. The molecule has 8 heterocycles. The fraction of sp³-hybridized carbons (Fsp3) is 0.600. The Morgan fingerprint density at radius 2 is 0.548 bits per heavy atom. The second-order valence-electron chi connectivity index (χ2n) is 23.5.